The van der Waals surface area contributed by atoms with Crippen molar-refractivity contribution in [3.05, 3.63) is 31.1 Å². The highest BCUT2D eigenvalue weighted by Gasteiger charge is 2.04. The lowest BCUT2D eigenvalue weighted by molar-refractivity contribution is 0.785. The molecule has 0 saturated carbocycles. The smallest absolute Gasteiger partial charge is 0.199 e. The second-order valence-corrected chi connectivity index (χ2v) is 2.68. The van der Waals surface area contributed by atoms with Crippen LogP contribution in [0.15, 0.2) is 31.1 Å². The molecule has 7 heteroatoms. The summed E-state index contributed by atoms with van der Waals surface area (Å²) < 4.78 is 3.38. The summed E-state index contributed by atoms with van der Waals surface area (Å²) in [7, 11) is 0. The summed E-state index contributed by atoms with van der Waals surface area (Å²) in [4.78, 5) is 7.97. The van der Waals surface area contributed by atoms with Gasteiger partial charge < -0.3 is 0 Å². The second kappa shape index (κ2) is 2.59. The first-order chi connectivity index (χ1) is 6.95. The highest BCUT2D eigenvalue weighted by molar-refractivity contribution is 5.37. The van der Waals surface area contributed by atoms with Crippen molar-refractivity contribution in [2.24, 2.45) is 0 Å². The van der Waals surface area contributed by atoms with Crippen molar-refractivity contribution in [2.75, 3.05) is 0 Å². The molecule has 0 aliphatic carbocycles. The minimum absolute atomic E-state index is 0.608. The topological polar surface area (TPSA) is 73.8 Å². The van der Waals surface area contributed by atoms with E-state index in [9.17, 15) is 0 Å². The van der Waals surface area contributed by atoms with Crippen LogP contribution in [0.5, 0.6) is 0 Å². The summed E-state index contributed by atoms with van der Waals surface area (Å²) >= 11 is 0. The fourth-order valence-electron chi connectivity index (χ4n) is 1.23. The number of nitrogens with zero attached hydrogens (tertiary/aromatic N) is 7. The lowest BCUT2D eigenvalue weighted by Gasteiger charge is -2.01. The zero-order valence-electron chi connectivity index (χ0n) is 7.02. The summed E-state index contributed by atoms with van der Waals surface area (Å²) in [5, 5.41) is 11.2. The minimum atomic E-state index is 0.608. The van der Waals surface area contributed by atoms with Gasteiger partial charge in [-0.25, -0.2) is 4.98 Å². The van der Waals surface area contributed by atoms with Gasteiger partial charge in [0.05, 0.1) is 12.4 Å². The molecule has 0 N–H and O–H groups in total. The van der Waals surface area contributed by atoms with E-state index in [-0.39, 0.29) is 0 Å². The van der Waals surface area contributed by atoms with Gasteiger partial charge in [0.15, 0.2) is 11.5 Å². The molecule has 0 radical (unpaired) electrons. The quantitative estimate of drug-likeness (QED) is 0.523. The number of imidazole rings is 1. The van der Waals surface area contributed by atoms with Crippen molar-refractivity contribution < 1.29 is 0 Å². The van der Waals surface area contributed by atoms with E-state index in [1.54, 1.807) is 40.2 Å². The Bertz CT molecular complexity index is 552. The molecule has 3 rings (SSSR count). The summed E-state index contributed by atoms with van der Waals surface area (Å²) in [6.45, 7) is 0. The fourth-order valence-corrected chi connectivity index (χ4v) is 1.23. The molecule has 0 aliphatic heterocycles. The first-order valence-corrected chi connectivity index (χ1v) is 3.95. The number of hydrogen-bond acceptors (Lipinski definition) is 5. The number of hydrogen-bond donors (Lipinski definition) is 0. The monoisotopic (exact) mass is 187 g/mol. The predicted molar refractivity (Wildman–Crippen MR) is 45.7 cm³/mol. The average molecular weight is 187 g/mol. The van der Waals surface area contributed by atoms with Crippen molar-refractivity contribution >= 4 is 5.65 Å². The lowest BCUT2D eigenvalue weighted by atomic mass is 10.6. The van der Waals surface area contributed by atoms with Gasteiger partial charge in [0.25, 0.3) is 0 Å². The van der Waals surface area contributed by atoms with Crippen LogP contribution in [-0.2, 0) is 0 Å². The molecule has 0 aromatic carbocycles. The van der Waals surface area contributed by atoms with Crippen LogP contribution in [0.3, 0.4) is 0 Å². The SMILES string of the molecule is c1cn(-c2cncc3nnnn23)cn1. The summed E-state index contributed by atoms with van der Waals surface area (Å²) in [5.74, 6) is 0.755. The maximum atomic E-state index is 4.03. The molecule has 3 heterocycles. The van der Waals surface area contributed by atoms with E-state index in [4.69, 9.17) is 0 Å². The van der Waals surface area contributed by atoms with Crippen LogP contribution in [0.4, 0.5) is 0 Å². The zero-order chi connectivity index (χ0) is 9.38. The Kier molecular flexibility index (Phi) is 1.32. The Hall–Kier alpha value is -2.31. The second-order valence-electron chi connectivity index (χ2n) is 2.68. The Morgan fingerprint density at radius 2 is 2.14 bits per heavy atom. The molecular formula is C7H5N7. The van der Waals surface area contributed by atoms with Gasteiger partial charge in [-0.1, -0.05) is 0 Å². The minimum Gasteiger partial charge on any atom is -0.289 e. The third-order valence-electron chi connectivity index (χ3n) is 1.86. The maximum absolute atomic E-state index is 4.03. The van der Waals surface area contributed by atoms with Gasteiger partial charge in [-0.05, 0) is 10.4 Å². The van der Waals surface area contributed by atoms with E-state index < -0.39 is 0 Å². The number of fused-ring (bicyclic) bond motifs is 1. The summed E-state index contributed by atoms with van der Waals surface area (Å²) in [6.07, 6.45) is 8.42. The Morgan fingerprint density at radius 3 is 3.00 bits per heavy atom. The van der Waals surface area contributed by atoms with E-state index in [1.165, 1.54) is 0 Å². The molecule has 0 unspecified atom stereocenters. The van der Waals surface area contributed by atoms with E-state index >= 15 is 0 Å². The van der Waals surface area contributed by atoms with Crippen LogP contribution in [0, 0.1) is 0 Å². The lowest BCUT2D eigenvalue weighted by Crippen LogP contribution is -2.02. The van der Waals surface area contributed by atoms with Crippen LogP contribution in [0.2, 0.25) is 0 Å². The third-order valence-corrected chi connectivity index (χ3v) is 1.86. The van der Waals surface area contributed by atoms with Gasteiger partial charge >= 0.3 is 0 Å². The highest BCUT2D eigenvalue weighted by Crippen LogP contribution is 2.05. The van der Waals surface area contributed by atoms with Gasteiger partial charge in [0.1, 0.15) is 6.33 Å². The Labute approximate surface area is 78.0 Å². The molecule has 0 atom stereocenters. The van der Waals surface area contributed by atoms with Gasteiger partial charge in [-0.15, -0.1) is 5.10 Å². The normalized spacial score (nSPS) is 10.9. The average Bonchev–Trinajstić information content (AvgIpc) is 2.88. The van der Waals surface area contributed by atoms with Crippen molar-refractivity contribution in [1.82, 2.24) is 34.6 Å². The zero-order valence-corrected chi connectivity index (χ0v) is 7.02. The molecule has 0 aliphatic rings. The molecule has 0 saturated heterocycles. The van der Waals surface area contributed by atoms with Crippen molar-refractivity contribution in [3.63, 3.8) is 0 Å². The van der Waals surface area contributed by atoms with Crippen LogP contribution in [0.1, 0.15) is 0 Å². The van der Waals surface area contributed by atoms with Crippen molar-refractivity contribution in [3.8, 4) is 5.82 Å². The van der Waals surface area contributed by atoms with E-state index in [0.717, 1.165) is 5.82 Å². The molecular weight excluding hydrogens is 182 g/mol. The number of rotatable bonds is 1. The van der Waals surface area contributed by atoms with Gasteiger partial charge in [-0.2, -0.15) is 4.52 Å². The number of tetrazole rings is 1. The standard InChI is InChI=1S/C7H5N7/c1-2-13(5-8-1)7-4-9-3-6-10-11-12-14(6)7/h1-5H. The molecule has 7 nitrogen and oxygen atoms in total. The molecule has 68 valence electrons. The van der Waals surface area contributed by atoms with Gasteiger partial charge in [0.2, 0.25) is 0 Å². The molecule has 0 fully saturated rings. The summed E-state index contributed by atoms with van der Waals surface area (Å²) in [6, 6.07) is 0. The predicted octanol–water partition coefficient (Wildman–Crippen LogP) is -0.295. The summed E-state index contributed by atoms with van der Waals surface area (Å²) in [5.41, 5.74) is 0.608. The Morgan fingerprint density at radius 1 is 1.14 bits per heavy atom. The van der Waals surface area contributed by atoms with Crippen molar-refractivity contribution in [1.29, 1.82) is 0 Å². The molecule has 14 heavy (non-hydrogen) atoms. The highest BCUT2D eigenvalue weighted by atomic mass is 15.5. The molecule has 0 spiro atoms. The Balaban J connectivity index is 2.36. The molecule has 0 amide bonds. The first-order valence-electron chi connectivity index (χ1n) is 3.95. The third kappa shape index (κ3) is 0.889. The number of aromatic nitrogens is 7. The van der Waals surface area contributed by atoms with E-state index in [0.29, 0.717) is 5.65 Å². The van der Waals surface area contributed by atoms with Gasteiger partial charge in [0, 0.05) is 12.4 Å². The fraction of sp³-hybridized carbons (Fsp3) is 0. The van der Waals surface area contributed by atoms with Crippen LogP contribution >= 0.6 is 0 Å². The molecule has 3 aromatic heterocycles. The molecule has 3 aromatic rings. The maximum Gasteiger partial charge on any atom is 0.199 e. The van der Waals surface area contributed by atoms with E-state index in [1.807, 2.05) is 0 Å². The van der Waals surface area contributed by atoms with Crippen LogP contribution < -0.4 is 0 Å². The van der Waals surface area contributed by atoms with Gasteiger partial charge in [-0.3, -0.25) is 9.55 Å². The van der Waals surface area contributed by atoms with Crippen LogP contribution in [-0.4, -0.2) is 34.6 Å². The largest absolute Gasteiger partial charge is 0.289 e. The molecule has 0 bridgehead atoms. The first kappa shape index (κ1) is 7.13. The van der Waals surface area contributed by atoms with Crippen molar-refractivity contribution in [2.45, 2.75) is 0 Å². The van der Waals surface area contributed by atoms with E-state index in [2.05, 4.69) is 25.5 Å². The van der Waals surface area contributed by atoms with Crippen LogP contribution in [0.25, 0.3) is 11.5 Å².